The van der Waals surface area contributed by atoms with Gasteiger partial charge >= 0.3 is 5.97 Å². The highest BCUT2D eigenvalue weighted by molar-refractivity contribution is 5.72. The molecule has 5 atom stereocenters. The number of carboxylic acids is 1. The number of hydrogen-bond acceptors (Lipinski definition) is 7. The fourth-order valence-corrected chi connectivity index (χ4v) is 0.870. The van der Waals surface area contributed by atoms with Gasteiger partial charge in [0.1, 0.15) is 24.4 Å². The minimum Gasteiger partial charge on any atom is -0.479 e. The van der Waals surface area contributed by atoms with Crippen LogP contribution in [0.25, 0.3) is 0 Å². The minimum atomic E-state index is -2.29. The monoisotopic (exact) mass is 226 g/mol. The zero-order chi connectivity index (χ0) is 12.2. The second kappa shape index (κ2) is 5.95. The molecule has 0 saturated heterocycles. The van der Waals surface area contributed by atoms with E-state index in [2.05, 4.69) is 0 Å². The highest BCUT2D eigenvalue weighted by Crippen LogP contribution is 2.08. The Hall–Kier alpha value is -0.770. The lowest BCUT2D eigenvalue weighted by molar-refractivity contribution is -0.169. The molecule has 0 aromatic rings. The van der Waals surface area contributed by atoms with Crippen LogP contribution in [0.1, 0.15) is 0 Å². The van der Waals surface area contributed by atoms with Gasteiger partial charge < -0.3 is 35.7 Å². The van der Waals surface area contributed by atoms with Crippen molar-refractivity contribution in [1.29, 1.82) is 0 Å². The second-order valence-electron chi connectivity index (χ2n) is 3.00. The van der Waals surface area contributed by atoms with E-state index in [1.54, 1.807) is 0 Å². The number of aliphatic hydroxyl groups excluding tert-OH is 6. The van der Waals surface area contributed by atoms with Crippen LogP contribution in [0.4, 0.5) is 0 Å². The Bertz CT molecular complexity index is 207. The normalized spacial score (nSPS) is 21.5. The fourth-order valence-electron chi connectivity index (χ4n) is 0.870. The van der Waals surface area contributed by atoms with E-state index < -0.39 is 43.1 Å². The van der Waals surface area contributed by atoms with Crippen LogP contribution in [0.2, 0.25) is 0 Å². The van der Waals surface area contributed by atoms with Crippen molar-refractivity contribution in [2.24, 2.45) is 0 Å². The van der Waals surface area contributed by atoms with Crippen molar-refractivity contribution in [1.82, 2.24) is 0 Å². The Labute approximate surface area is 84.7 Å². The highest BCUT2D eigenvalue weighted by Gasteiger charge is 2.36. The van der Waals surface area contributed by atoms with E-state index in [1.807, 2.05) is 0 Å². The average Bonchev–Trinajstić information content (AvgIpc) is 2.23. The molecule has 0 bridgehead atoms. The average molecular weight is 226 g/mol. The largest absolute Gasteiger partial charge is 0.479 e. The van der Waals surface area contributed by atoms with E-state index in [0.717, 1.165) is 0 Å². The Morgan fingerprint density at radius 2 is 1.40 bits per heavy atom. The zero-order valence-corrected chi connectivity index (χ0v) is 7.63. The van der Waals surface area contributed by atoms with Crippen LogP contribution < -0.4 is 0 Å². The van der Waals surface area contributed by atoms with Gasteiger partial charge in [-0.05, 0) is 0 Å². The predicted molar refractivity (Wildman–Crippen MR) is 44.8 cm³/mol. The molecule has 90 valence electrons. The Balaban J connectivity index is 4.42. The van der Waals surface area contributed by atoms with Crippen LogP contribution in [0.5, 0.6) is 0 Å². The van der Waals surface area contributed by atoms with Gasteiger partial charge in [0.25, 0.3) is 0 Å². The zero-order valence-electron chi connectivity index (χ0n) is 7.63. The molecule has 0 aromatic carbocycles. The number of aliphatic carboxylic acids is 1. The summed E-state index contributed by atoms with van der Waals surface area (Å²) in [6, 6.07) is 0. The summed E-state index contributed by atoms with van der Waals surface area (Å²) in [5.74, 6) is -1.78. The number of hydrogen-bond donors (Lipinski definition) is 7. The molecule has 0 aliphatic carbocycles. The number of carboxylic acid groups (broad SMARTS) is 1. The first-order chi connectivity index (χ1) is 6.82. The summed E-state index contributed by atoms with van der Waals surface area (Å²) in [6.07, 6.45) is -10.2. The van der Waals surface area contributed by atoms with Gasteiger partial charge in [0, 0.05) is 0 Å². The molecule has 15 heavy (non-hydrogen) atoms. The summed E-state index contributed by atoms with van der Waals surface area (Å²) in [7, 11) is 0. The van der Waals surface area contributed by atoms with Crippen molar-refractivity contribution in [2.75, 3.05) is 6.61 Å². The minimum absolute atomic E-state index is 0.881. The van der Waals surface area contributed by atoms with Crippen LogP contribution in [0, 0.1) is 0 Å². The summed E-state index contributed by atoms with van der Waals surface area (Å²) >= 11 is 0. The lowest BCUT2D eigenvalue weighted by Gasteiger charge is -2.26. The molecule has 0 aliphatic rings. The maximum Gasteiger partial charge on any atom is 0.335 e. The van der Waals surface area contributed by atoms with E-state index >= 15 is 0 Å². The quantitative estimate of drug-likeness (QED) is 0.240. The Morgan fingerprint density at radius 3 is 1.73 bits per heavy atom. The molecule has 7 N–H and O–H groups in total. The predicted octanol–water partition coefficient (Wildman–Crippen LogP) is -4.13. The van der Waals surface area contributed by atoms with Crippen molar-refractivity contribution in [3.05, 3.63) is 0 Å². The molecule has 0 aromatic heterocycles. The third kappa shape index (κ3) is 3.70. The van der Waals surface area contributed by atoms with Crippen LogP contribution in [0.15, 0.2) is 0 Å². The van der Waals surface area contributed by atoms with Crippen molar-refractivity contribution in [2.45, 2.75) is 30.5 Å². The molecule has 8 nitrogen and oxygen atoms in total. The first kappa shape index (κ1) is 14.2. The topological polar surface area (TPSA) is 159 Å². The maximum atomic E-state index is 10.2. The first-order valence-electron chi connectivity index (χ1n) is 4.07. The molecule has 0 aliphatic heterocycles. The van der Waals surface area contributed by atoms with Gasteiger partial charge in [-0.25, -0.2) is 4.79 Å². The Morgan fingerprint density at radius 1 is 0.933 bits per heavy atom. The molecule has 0 unspecified atom stereocenters. The first-order valence-corrected chi connectivity index (χ1v) is 4.07. The molecule has 8 heteroatoms. The van der Waals surface area contributed by atoms with Gasteiger partial charge in [0.05, 0.1) is 6.61 Å². The van der Waals surface area contributed by atoms with E-state index in [-0.39, 0.29) is 0 Å². The summed E-state index contributed by atoms with van der Waals surface area (Å²) in [5, 5.41) is 61.5. The van der Waals surface area contributed by atoms with E-state index in [0.29, 0.717) is 0 Å². The van der Waals surface area contributed by atoms with Gasteiger partial charge in [-0.2, -0.15) is 0 Å². The summed E-state index contributed by atoms with van der Waals surface area (Å²) in [5.41, 5.74) is 0. The number of rotatable bonds is 6. The van der Waals surface area contributed by atoms with Gasteiger partial charge in [0.2, 0.25) is 0 Å². The summed E-state index contributed by atoms with van der Waals surface area (Å²) < 4.78 is 0. The Kier molecular flexibility index (Phi) is 5.65. The van der Waals surface area contributed by atoms with Crippen molar-refractivity contribution in [3.63, 3.8) is 0 Å². The van der Waals surface area contributed by atoms with E-state index in [1.165, 1.54) is 0 Å². The second-order valence-corrected chi connectivity index (χ2v) is 3.00. The van der Waals surface area contributed by atoms with Crippen molar-refractivity contribution < 1.29 is 40.5 Å². The molecule has 0 rings (SSSR count). The third-order valence-corrected chi connectivity index (χ3v) is 1.86. The lowest BCUT2D eigenvalue weighted by Crippen LogP contribution is -2.51. The standard InChI is InChI=1S/C7H14O8/c8-1-2(9)3(10)4(11)5(12)6(13)7(14)15/h2-6,8-13H,1H2,(H,14,15)/t2-,3-,4-,5+,6+/m0/s1. The third-order valence-electron chi connectivity index (χ3n) is 1.86. The van der Waals surface area contributed by atoms with Crippen LogP contribution in [-0.2, 0) is 4.79 Å². The molecular formula is C7H14O8. The van der Waals surface area contributed by atoms with Gasteiger partial charge in [0.15, 0.2) is 6.10 Å². The summed E-state index contributed by atoms with van der Waals surface area (Å²) in [4.78, 5) is 10.2. The van der Waals surface area contributed by atoms with E-state index in [9.17, 15) is 4.79 Å². The van der Waals surface area contributed by atoms with Crippen LogP contribution in [0.3, 0.4) is 0 Å². The molecule has 0 amide bonds. The molecule has 0 radical (unpaired) electrons. The molecule has 0 heterocycles. The molecular weight excluding hydrogens is 212 g/mol. The number of carbonyl (C=O) groups is 1. The van der Waals surface area contributed by atoms with Crippen molar-refractivity contribution >= 4 is 5.97 Å². The lowest BCUT2D eigenvalue weighted by atomic mass is 9.99. The molecule has 0 spiro atoms. The van der Waals surface area contributed by atoms with Gasteiger partial charge in [-0.15, -0.1) is 0 Å². The van der Waals surface area contributed by atoms with Crippen LogP contribution >= 0.6 is 0 Å². The van der Waals surface area contributed by atoms with Crippen LogP contribution in [-0.4, -0.2) is 78.8 Å². The van der Waals surface area contributed by atoms with Gasteiger partial charge in [-0.1, -0.05) is 0 Å². The number of aliphatic hydroxyl groups is 6. The summed E-state index contributed by atoms with van der Waals surface area (Å²) in [6.45, 7) is -0.881. The highest BCUT2D eigenvalue weighted by atomic mass is 16.4. The van der Waals surface area contributed by atoms with Crippen molar-refractivity contribution in [3.8, 4) is 0 Å². The fraction of sp³-hybridized carbons (Fsp3) is 0.857. The molecule has 0 fully saturated rings. The maximum absolute atomic E-state index is 10.2. The molecule has 0 saturated carbocycles. The van der Waals surface area contributed by atoms with E-state index in [4.69, 9.17) is 35.7 Å². The smallest absolute Gasteiger partial charge is 0.335 e. The van der Waals surface area contributed by atoms with Gasteiger partial charge in [-0.3, -0.25) is 0 Å². The SMILES string of the molecule is O=C(O)[C@H](O)[C@H](O)[C@@H](O)[C@@H](O)[C@@H](O)CO.